The summed E-state index contributed by atoms with van der Waals surface area (Å²) in [6.45, 7) is 0. The molecule has 0 saturated carbocycles. The predicted octanol–water partition coefficient (Wildman–Crippen LogP) is 1.32. The zero-order chi connectivity index (χ0) is 12.0. The van der Waals surface area contributed by atoms with E-state index in [4.69, 9.17) is 0 Å². The van der Waals surface area contributed by atoms with Gasteiger partial charge in [-0.25, -0.2) is 8.42 Å². The Morgan fingerprint density at radius 2 is 2.19 bits per heavy atom. The maximum absolute atomic E-state index is 11.4. The van der Waals surface area contributed by atoms with Crippen molar-refractivity contribution in [1.82, 2.24) is 0 Å². The van der Waals surface area contributed by atoms with Gasteiger partial charge in [-0.1, -0.05) is 12.2 Å². The Kier molecular flexibility index (Phi) is 4.99. The molecule has 0 spiro atoms. The van der Waals surface area contributed by atoms with Crippen LogP contribution in [0.2, 0.25) is 0 Å². The summed E-state index contributed by atoms with van der Waals surface area (Å²) in [4.78, 5) is 10.8. The van der Waals surface area contributed by atoms with E-state index in [-0.39, 0.29) is 24.1 Å². The molecule has 0 radical (unpaired) electrons. The SMILES string of the molecule is COC(=O)C/C=C\CC1CCCS(=O)(=O)C1. The lowest BCUT2D eigenvalue weighted by Crippen LogP contribution is -2.24. The Morgan fingerprint density at radius 1 is 1.44 bits per heavy atom. The third-order valence-corrected chi connectivity index (χ3v) is 4.60. The minimum absolute atomic E-state index is 0.215. The largest absolute Gasteiger partial charge is 0.469 e. The smallest absolute Gasteiger partial charge is 0.309 e. The first kappa shape index (κ1) is 13.2. The Balaban J connectivity index is 2.30. The topological polar surface area (TPSA) is 60.4 Å². The lowest BCUT2D eigenvalue weighted by Gasteiger charge is -2.20. The van der Waals surface area contributed by atoms with Crippen molar-refractivity contribution in [2.45, 2.75) is 25.7 Å². The maximum atomic E-state index is 11.4. The fourth-order valence-corrected chi connectivity index (χ4v) is 3.65. The van der Waals surface area contributed by atoms with E-state index in [0.29, 0.717) is 5.75 Å². The number of hydrogen-bond acceptors (Lipinski definition) is 4. The van der Waals surface area contributed by atoms with Gasteiger partial charge >= 0.3 is 5.97 Å². The van der Waals surface area contributed by atoms with E-state index in [2.05, 4.69) is 4.74 Å². The summed E-state index contributed by atoms with van der Waals surface area (Å²) < 4.78 is 27.2. The molecular formula is C11H18O4S. The van der Waals surface area contributed by atoms with Crippen LogP contribution in [0.15, 0.2) is 12.2 Å². The zero-order valence-corrected chi connectivity index (χ0v) is 10.3. The molecule has 1 aliphatic rings. The number of esters is 1. The van der Waals surface area contributed by atoms with Crippen LogP contribution in [0.25, 0.3) is 0 Å². The second-order valence-corrected chi connectivity index (χ2v) is 6.34. The first-order chi connectivity index (χ1) is 7.53. The molecule has 1 atom stereocenters. The highest BCUT2D eigenvalue weighted by molar-refractivity contribution is 7.91. The number of rotatable bonds is 4. The van der Waals surface area contributed by atoms with Gasteiger partial charge in [-0.3, -0.25) is 4.79 Å². The lowest BCUT2D eigenvalue weighted by molar-refractivity contribution is -0.139. The molecule has 1 heterocycles. The van der Waals surface area contributed by atoms with Gasteiger partial charge in [0.15, 0.2) is 9.84 Å². The fourth-order valence-electron chi connectivity index (χ4n) is 1.86. The predicted molar refractivity (Wildman–Crippen MR) is 61.8 cm³/mol. The number of methoxy groups -OCH3 is 1. The van der Waals surface area contributed by atoms with E-state index in [9.17, 15) is 13.2 Å². The van der Waals surface area contributed by atoms with Crippen molar-refractivity contribution in [1.29, 1.82) is 0 Å². The van der Waals surface area contributed by atoms with Crippen molar-refractivity contribution in [3.05, 3.63) is 12.2 Å². The molecule has 0 aliphatic carbocycles. The second kappa shape index (κ2) is 6.03. The van der Waals surface area contributed by atoms with Gasteiger partial charge in [0.1, 0.15) is 0 Å². The van der Waals surface area contributed by atoms with Gasteiger partial charge in [-0.15, -0.1) is 0 Å². The van der Waals surface area contributed by atoms with E-state index >= 15 is 0 Å². The molecule has 92 valence electrons. The van der Waals surface area contributed by atoms with Crippen LogP contribution < -0.4 is 0 Å². The first-order valence-electron chi connectivity index (χ1n) is 5.46. The fraction of sp³-hybridized carbons (Fsp3) is 0.727. The van der Waals surface area contributed by atoms with Crippen molar-refractivity contribution >= 4 is 15.8 Å². The number of carbonyl (C=O) groups is 1. The number of sulfone groups is 1. The van der Waals surface area contributed by atoms with Gasteiger partial charge in [-0.05, 0) is 25.2 Å². The highest BCUT2D eigenvalue weighted by atomic mass is 32.2. The molecule has 0 amide bonds. The van der Waals surface area contributed by atoms with Crippen LogP contribution in [0.4, 0.5) is 0 Å². The molecule has 16 heavy (non-hydrogen) atoms. The molecule has 0 aromatic heterocycles. The molecule has 1 saturated heterocycles. The molecule has 1 aliphatic heterocycles. The third-order valence-electron chi connectivity index (χ3n) is 2.71. The Labute approximate surface area is 96.6 Å². The molecule has 0 aromatic carbocycles. The zero-order valence-electron chi connectivity index (χ0n) is 9.52. The average Bonchev–Trinajstić information content (AvgIpc) is 2.22. The van der Waals surface area contributed by atoms with Gasteiger partial charge < -0.3 is 4.74 Å². The van der Waals surface area contributed by atoms with E-state index < -0.39 is 9.84 Å². The summed E-state index contributed by atoms with van der Waals surface area (Å²) in [5.74, 6) is 0.561. The number of carbonyl (C=O) groups excluding carboxylic acids is 1. The lowest BCUT2D eigenvalue weighted by atomic mass is 10.0. The maximum Gasteiger partial charge on any atom is 0.309 e. The van der Waals surface area contributed by atoms with Crippen LogP contribution in [0, 0.1) is 5.92 Å². The van der Waals surface area contributed by atoms with Crippen molar-refractivity contribution in [3.8, 4) is 0 Å². The molecule has 4 nitrogen and oxygen atoms in total. The Bertz CT molecular complexity index is 356. The molecule has 0 bridgehead atoms. The van der Waals surface area contributed by atoms with Gasteiger partial charge in [0.25, 0.3) is 0 Å². The van der Waals surface area contributed by atoms with Crippen molar-refractivity contribution in [2.75, 3.05) is 18.6 Å². The monoisotopic (exact) mass is 246 g/mol. The minimum Gasteiger partial charge on any atom is -0.469 e. The standard InChI is InChI=1S/C11H18O4S/c1-15-11(12)7-3-2-5-10-6-4-8-16(13,14)9-10/h2-3,10H,4-9H2,1H3/b3-2-. The summed E-state index contributed by atoms with van der Waals surface area (Å²) in [6, 6.07) is 0. The normalized spacial score (nSPS) is 24.4. The number of hydrogen-bond donors (Lipinski definition) is 0. The highest BCUT2D eigenvalue weighted by Gasteiger charge is 2.23. The van der Waals surface area contributed by atoms with E-state index in [1.165, 1.54) is 7.11 Å². The van der Waals surface area contributed by atoms with Crippen LogP contribution in [-0.2, 0) is 19.4 Å². The van der Waals surface area contributed by atoms with Crippen LogP contribution in [-0.4, -0.2) is 33.0 Å². The summed E-state index contributed by atoms with van der Waals surface area (Å²) >= 11 is 0. The minimum atomic E-state index is -2.82. The van der Waals surface area contributed by atoms with Gasteiger partial charge in [0.2, 0.25) is 0 Å². The molecule has 0 aromatic rings. The van der Waals surface area contributed by atoms with Gasteiger partial charge in [0.05, 0.1) is 25.0 Å². The molecule has 1 unspecified atom stereocenters. The van der Waals surface area contributed by atoms with Crippen LogP contribution >= 0.6 is 0 Å². The number of allylic oxidation sites excluding steroid dienone is 1. The summed E-state index contributed by atoms with van der Waals surface area (Å²) in [5.41, 5.74) is 0. The van der Waals surface area contributed by atoms with E-state index in [1.54, 1.807) is 6.08 Å². The van der Waals surface area contributed by atoms with Crippen molar-refractivity contribution in [2.24, 2.45) is 5.92 Å². The van der Waals surface area contributed by atoms with Crippen LogP contribution in [0.3, 0.4) is 0 Å². The average molecular weight is 246 g/mol. The van der Waals surface area contributed by atoms with Gasteiger partial charge in [0, 0.05) is 0 Å². The van der Waals surface area contributed by atoms with Crippen molar-refractivity contribution in [3.63, 3.8) is 0 Å². The van der Waals surface area contributed by atoms with E-state index in [1.807, 2.05) is 6.08 Å². The molecule has 0 N–H and O–H groups in total. The molecular weight excluding hydrogens is 228 g/mol. The van der Waals surface area contributed by atoms with Crippen molar-refractivity contribution < 1.29 is 17.9 Å². The van der Waals surface area contributed by atoms with Crippen LogP contribution in [0.5, 0.6) is 0 Å². The van der Waals surface area contributed by atoms with Crippen LogP contribution in [0.1, 0.15) is 25.7 Å². The quantitative estimate of drug-likeness (QED) is 0.554. The van der Waals surface area contributed by atoms with Gasteiger partial charge in [-0.2, -0.15) is 0 Å². The number of ether oxygens (including phenoxy) is 1. The molecule has 1 fully saturated rings. The second-order valence-electron chi connectivity index (χ2n) is 4.11. The Hall–Kier alpha value is -0.840. The molecule has 1 rings (SSSR count). The molecule has 5 heteroatoms. The summed E-state index contributed by atoms with van der Waals surface area (Å²) in [5, 5.41) is 0. The summed E-state index contributed by atoms with van der Waals surface area (Å²) in [7, 11) is -1.46. The summed E-state index contributed by atoms with van der Waals surface area (Å²) in [6.07, 6.45) is 6.33. The first-order valence-corrected chi connectivity index (χ1v) is 7.28. The highest BCUT2D eigenvalue weighted by Crippen LogP contribution is 2.21. The van der Waals surface area contributed by atoms with E-state index in [0.717, 1.165) is 19.3 Å². The third kappa shape index (κ3) is 4.79. The Morgan fingerprint density at radius 3 is 2.81 bits per heavy atom.